The van der Waals surface area contributed by atoms with Crippen LogP contribution in [-0.2, 0) is 0 Å². The lowest BCUT2D eigenvalue weighted by Crippen LogP contribution is -2.41. The molecule has 2 bridgehead atoms. The average Bonchev–Trinajstić information content (AvgIpc) is 2.20. The summed E-state index contributed by atoms with van der Waals surface area (Å²) < 4.78 is 0. The fraction of sp³-hybridized carbons (Fsp3) is 1.00. The van der Waals surface area contributed by atoms with E-state index in [-0.39, 0.29) is 6.10 Å². The number of rotatable bonds is 0. The SMILES string of the molecule is CN1[C@@H]2CC[C@H]1C[C@H](O)C2. The molecule has 0 unspecified atom stereocenters. The predicted octanol–water partition coefficient (Wildman–Crippen LogP) is 0.604. The molecule has 2 rings (SSSR count). The first-order valence-electron chi connectivity index (χ1n) is 4.17. The van der Waals surface area contributed by atoms with Gasteiger partial charge in [0, 0.05) is 12.1 Å². The van der Waals surface area contributed by atoms with Crippen LogP contribution in [0.3, 0.4) is 0 Å². The molecule has 58 valence electrons. The van der Waals surface area contributed by atoms with Gasteiger partial charge in [-0.15, -0.1) is 0 Å². The van der Waals surface area contributed by atoms with Crippen molar-refractivity contribution < 1.29 is 5.11 Å². The average molecular weight is 141 g/mol. The fourth-order valence-electron chi connectivity index (χ4n) is 2.38. The van der Waals surface area contributed by atoms with Crippen molar-refractivity contribution in [2.45, 2.75) is 43.9 Å². The summed E-state index contributed by atoms with van der Waals surface area (Å²) in [6, 6.07) is 1.38. The van der Waals surface area contributed by atoms with Gasteiger partial charge in [0.1, 0.15) is 0 Å². The van der Waals surface area contributed by atoms with Gasteiger partial charge in [-0.25, -0.2) is 0 Å². The number of fused-ring (bicyclic) bond motifs is 2. The molecule has 3 atom stereocenters. The molecule has 2 aliphatic rings. The Morgan fingerprint density at radius 2 is 1.70 bits per heavy atom. The van der Waals surface area contributed by atoms with E-state index in [9.17, 15) is 5.11 Å². The second kappa shape index (κ2) is 2.21. The van der Waals surface area contributed by atoms with E-state index in [1.165, 1.54) is 12.8 Å². The molecule has 0 aromatic rings. The maximum absolute atomic E-state index is 9.38. The smallest absolute Gasteiger partial charge is 0.0570 e. The third-order valence-corrected chi connectivity index (χ3v) is 3.07. The normalized spacial score (nSPS) is 48.0. The molecule has 0 amide bonds. The first kappa shape index (κ1) is 6.62. The van der Waals surface area contributed by atoms with Crippen molar-refractivity contribution in [2.75, 3.05) is 7.05 Å². The van der Waals surface area contributed by atoms with Crippen molar-refractivity contribution in [3.05, 3.63) is 0 Å². The zero-order chi connectivity index (χ0) is 7.14. The summed E-state index contributed by atoms with van der Waals surface area (Å²) in [5.74, 6) is 0. The maximum Gasteiger partial charge on any atom is 0.0570 e. The van der Waals surface area contributed by atoms with E-state index in [4.69, 9.17) is 0 Å². The van der Waals surface area contributed by atoms with Crippen LogP contribution in [-0.4, -0.2) is 35.2 Å². The Labute approximate surface area is 61.8 Å². The molecule has 10 heavy (non-hydrogen) atoms. The fourth-order valence-corrected chi connectivity index (χ4v) is 2.38. The molecule has 2 fully saturated rings. The summed E-state index contributed by atoms with van der Waals surface area (Å²) in [6.45, 7) is 0. The topological polar surface area (TPSA) is 23.5 Å². The summed E-state index contributed by atoms with van der Waals surface area (Å²) in [5, 5.41) is 9.38. The summed E-state index contributed by atoms with van der Waals surface area (Å²) in [6.07, 6.45) is 4.62. The Bertz CT molecular complexity index is 123. The molecule has 0 aliphatic carbocycles. The van der Waals surface area contributed by atoms with Gasteiger partial charge < -0.3 is 10.0 Å². The number of hydrogen-bond acceptors (Lipinski definition) is 2. The number of aliphatic hydroxyl groups excluding tert-OH is 1. The molecule has 2 heteroatoms. The molecule has 2 heterocycles. The lowest BCUT2D eigenvalue weighted by atomic mass is 10.0. The first-order valence-corrected chi connectivity index (χ1v) is 4.17. The molecule has 0 spiro atoms. The molecule has 2 saturated heterocycles. The standard InChI is InChI=1S/C8H15NO/c1-9-6-2-3-7(9)5-8(10)4-6/h6-8,10H,2-5H2,1H3/t6-,7+,8-. The van der Waals surface area contributed by atoms with Gasteiger partial charge in [0.15, 0.2) is 0 Å². The van der Waals surface area contributed by atoms with Crippen molar-refractivity contribution in [3.8, 4) is 0 Å². The van der Waals surface area contributed by atoms with Crippen LogP contribution in [0.1, 0.15) is 25.7 Å². The summed E-state index contributed by atoms with van der Waals surface area (Å²) >= 11 is 0. The van der Waals surface area contributed by atoms with E-state index < -0.39 is 0 Å². The minimum atomic E-state index is -0.00583. The van der Waals surface area contributed by atoms with Crippen molar-refractivity contribution in [3.63, 3.8) is 0 Å². The molecule has 1 N–H and O–H groups in total. The van der Waals surface area contributed by atoms with Crippen LogP contribution in [0.5, 0.6) is 0 Å². The second-order valence-corrected chi connectivity index (χ2v) is 3.68. The summed E-state index contributed by atoms with van der Waals surface area (Å²) in [4.78, 5) is 2.44. The largest absolute Gasteiger partial charge is 0.393 e. The maximum atomic E-state index is 9.38. The van der Waals surface area contributed by atoms with Gasteiger partial charge in [-0.05, 0) is 32.7 Å². The summed E-state index contributed by atoms with van der Waals surface area (Å²) in [7, 11) is 2.19. The van der Waals surface area contributed by atoms with Gasteiger partial charge in [0.25, 0.3) is 0 Å². The Hall–Kier alpha value is -0.0800. The molecule has 2 aliphatic heterocycles. The number of nitrogens with zero attached hydrogens (tertiary/aromatic N) is 1. The van der Waals surface area contributed by atoms with E-state index in [2.05, 4.69) is 11.9 Å². The zero-order valence-electron chi connectivity index (χ0n) is 6.45. The van der Waals surface area contributed by atoms with Gasteiger partial charge in [-0.1, -0.05) is 0 Å². The highest BCUT2D eigenvalue weighted by Crippen LogP contribution is 2.33. The molecule has 0 radical (unpaired) electrons. The summed E-state index contributed by atoms with van der Waals surface area (Å²) in [5.41, 5.74) is 0. The van der Waals surface area contributed by atoms with Crippen LogP contribution >= 0.6 is 0 Å². The van der Waals surface area contributed by atoms with Gasteiger partial charge in [-0.2, -0.15) is 0 Å². The zero-order valence-corrected chi connectivity index (χ0v) is 6.45. The van der Waals surface area contributed by atoms with E-state index in [1.807, 2.05) is 0 Å². The van der Waals surface area contributed by atoms with E-state index in [1.54, 1.807) is 0 Å². The van der Waals surface area contributed by atoms with Crippen LogP contribution in [0, 0.1) is 0 Å². The molecular weight excluding hydrogens is 126 g/mol. The van der Waals surface area contributed by atoms with Crippen molar-refractivity contribution in [2.24, 2.45) is 0 Å². The second-order valence-electron chi connectivity index (χ2n) is 3.68. The van der Waals surface area contributed by atoms with E-state index in [0.29, 0.717) is 12.1 Å². The minimum Gasteiger partial charge on any atom is -0.393 e. The van der Waals surface area contributed by atoms with Gasteiger partial charge >= 0.3 is 0 Å². The number of hydrogen-bond donors (Lipinski definition) is 1. The predicted molar refractivity (Wildman–Crippen MR) is 39.8 cm³/mol. The monoisotopic (exact) mass is 141 g/mol. The third kappa shape index (κ3) is 0.867. The van der Waals surface area contributed by atoms with Crippen molar-refractivity contribution >= 4 is 0 Å². The highest BCUT2D eigenvalue weighted by atomic mass is 16.3. The minimum absolute atomic E-state index is 0.00583. The molecular formula is C8H15NO. The number of piperidine rings is 1. The Balaban J connectivity index is 2.09. The lowest BCUT2D eigenvalue weighted by molar-refractivity contribution is 0.0503. The first-order chi connectivity index (χ1) is 4.77. The molecule has 2 nitrogen and oxygen atoms in total. The Morgan fingerprint density at radius 1 is 1.20 bits per heavy atom. The highest BCUT2D eigenvalue weighted by Gasteiger charge is 2.37. The highest BCUT2D eigenvalue weighted by molar-refractivity contribution is 4.93. The molecule has 0 aromatic heterocycles. The van der Waals surface area contributed by atoms with Crippen LogP contribution < -0.4 is 0 Å². The van der Waals surface area contributed by atoms with Crippen molar-refractivity contribution in [1.29, 1.82) is 0 Å². The lowest BCUT2D eigenvalue weighted by Gasteiger charge is -2.33. The van der Waals surface area contributed by atoms with Gasteiger partial charge in [-0.3, -0.25) is 0 Å². The van der Waals surface area contributed by atoms with Gasteiger partial charge in [0.05, 0.1) is 6.10 Å². The van der Waals surface area contributed by atoms with Crippen molar-refractivity contribution in [1.82, 2.24) is 4.90 Å². The third-order valence-electron chi connectivity index (χ3n) is 3.07. The molecule has 0 saturated carbocycles. The Kier molecular flexibility index (Phi) is 1.46. The van der Waals surface area contributed by atoms with Crippen LogP contribution in [0.4, 0.5) is 0 Å². The van der Waals surface area contributed by atoms with Crippen LogP contribution in [0.25, 0.3) is 0 Å². The van der Waals surface area contributed by atoms with E-state index in [0.717, 1.165) is 12.8 Å². The quantitative estimate of drug-likeness (QED) is 0.534. The van der Waals surface area contributed by atoms with E-state index >= 15 is 0 Å². The van der Waals surface area contributed by atoms with Crippen LogP contribution in [0.2, 0.25) is 0 Å². The number of aliphatic hydroxyl groups is 1. The Morgan fingerprint density at radius 3 is 2.20 bits per heavy atom. The van der Waals surface area contributed by atoms with Gasteiger partial charge in [0.2, 0.25) is 0 Å². The molecule has 0 aromatic carbocycles. The van der Waals surface area contributed by atoms with Crippen LogP contribution in [0.15, 0.2) is 0 Å².